The van der Waals surface area contributed by atoms with Crippen molar-refractivity contribution in [3.63, 3.8) is 0 Å². The molecular weight excluding hydrogens is 424 g/mol. The molecule has 1 aliphatic heterocycles. The molecule has 0 saturated carbocycles. The van der Waals surface area contributed by atoms with Crippen LogP contribution < -0.4 is 20.9 Å². The summed E-state index contributed by atoms with van der Waals surface area (Å²) in [5.41, 5.74) is 0.815. The molecule has 3 amide bonds. The average Bonchev–Trinajstić information content (AvgIpc) is 3.14. The Hall–Kier alpha value is -3.54. The third-order valence-corrected chi connectivity index (χ3v) is 5.28. The van der Waals surface area contributed by atoms with Gasteiger partial charge in [-0.25, -0.2) is 4.79 Å². The first-order valence-corrected chi connectivity index (χ1v) is 9.98. The van der Waals surface area contributed by atoms with Crippen molar-refractivity contribution in [1.29, 1.82) is 0 Å². The van der Waals surface area contributed by atoms with Gasteiger partial charge < -0.3 is 15.5 Å². The smallest absolute Gasteiger partial charge is 0.326 e. The minimum absolute atomic E-state index is 0.0206. The lowest BCUT2D eigenvalue weighted by Crippen LogP contribution is -2.44. The number of benzene rings is 1. The van der Waals surface area contributed by atoms with Crippen LogP contribution in [-0.4, -0.2) is 50.5 Å². The van der Waals surface area contributed by atoms with Gasteiger partial charge in [0, 0.05) is 24.8 Å². The van der Waals surface area contributed by atoms with Crippen molar-refractivity contribution in [3.8, 4) is 0 Å². The van der Waals surface area contributed by atoms with E-state index >= 15 is 0 Å². The zero-order valence-corrected chi connectivity index (χ0v) is 18.1. The second-order valence-corrected chi connectivity index (χ2v) is 7.37. The number of nitrogens with zero attached hydrogens (tertiary/aromatic N) is 3. The number of aromatic nitrogens is 2. The SMILES string of the molecule is CCN1C(=O)C(CC(=O)Nc2ccc(NC(C)=O)cc2)N(Cc2c(=O)o[nH][n+]2C)C1=S. The summed E-state index contributed by atoms with van der Waals surface area (Å²) in [6, 6.07) is 5.75. The number of H-pyrrole nitrogens is 1. The largest absolute Gasteiger partial charge is 0.431 e. The predicted molar refractivity (Wildman–Crippen MR) is 114 cm³/mol. The molecule has 12 heteroatoms. The van der Waals surface area contributed by atoms with E-state index in [1.807, 2.05) is 0 Å². The quantitative estimate of drug-likeness (QED) is 0.405. The minimum atomic E-state index is -0.847. The number of hydrogen-bond donors (Lipinski definition) is 3. The Kier molecular flexibility index (Phi) is 6.49. The lowest BCUT2D eigenvalue weighted by Gasteiger charge is -2.21. The van der Waals surface area contributed by atoms with Gasteiger partial charge in [0.1, 0.15) is 12.6 Å². The highest BCUT2D eigenvalue weighted by Crippen LogP contribution is 2.23. The lowest BCUT2D eigenvalue weighted by molar-refractivity contribution is -0.746. The summed E-state index contributed by atoms with van der Waals surface area (Å²) in [7, 11) is 1.60. The van der Waals surface area contributed by atoms with Gasteiger partial charge in [-0.2, -0.15) is 0 Å². The number of thiocarbonyl (C=S) groups is 1. The van der Waals surface area contributed by atoms with E-state index in [0.29, 0.717) is 17.9 Å². The summed E-state index contributed by atoms with van der Waals surface area (Å²) >= 11 is 5.42. The van der Waals surface area contributed by atoms with Crippen LogP contribution in [0.3, 0.4) is 0 Å². The van der Waals surface area contributed by atoms with Crippen LogP contribution in [0.1, 0.15) is 26.0 Å². The fraction of sp³-hybridized carbons (Fsp3) is 0.368. The standard InChI is InChI=1S/C19H22N6O5S/c1-4-24-17(28)14(25(19(24)31)10-15-18(29)30-22-23(15)3)9-16(27)21-13-7-5-12(6-8-13)20-11(2)26/h5-8,14,22,29H,4,9-10H2,1-3H3/p+1. The zero-order chi connectivity index (χ0) is 22.7. The maximum absolute atomic E-state index is 12.9. The van der Waals surface area contributed by atoms with Crippen molar-refractivity contribution in [1.82, 2.24) is 15.1 Å². The minimum Gasteiger partial charge on any atom is -0.326 e. The number of carbonyl (C=O) groups is 3. The first kappa shape index (κ1) is 22.2. The molecule has 1 aromatic heterocycles. The summed E-state index contributed by atoms with van der Waals surface area (Å²) in [5, 5.41) is 8.05. The lowest BCUT2D eigenvalue weighted by atomic mass is 10.1. The van der Waals surface area contributed by atoms with Gasteiger partial charge in [0.2, 0.25) is 11.8 Å². The summed E-state index contributed by atoms with van der Waals surface area (Å²) in [6.07, 6.45) is -0.150. The van der Waals surface area contributed by atoms with Gasteiger partial charge in [-0.1, -0.05) is 4.68 Å². The first-order valence-electron chi connectivity index (χ1n) is 9.57. The van der Waals surface area contributed by atoms with Crippen molar-refractivity contribution >= 4 is 46.4 Å². The second-order valence-electron chi connectivity index (χ2n) is 7.01. The van der Waals surface area contributed by atoms with E-state index in [-0.39, 0.29) is 41.5 Å². The van der Waals surface area contributed by atoms with Gasteiger partial charge >= 0.3 is 11.3 Å². The van der Waals surface area contributed by atoms with Gasteiger partial charge in [0.15, 0.2) is 12.2 Å². The highest BCUT2D eigenvalue weighted by Gasteiger charge is 2.44. The molecule has 1 atom stereocenters. The monoisotopic (exact) mass is 447 g/mol. The maximum Gasteiger partial charge on any atom is 0.431 e. The molecule has 2 aromatic rings. The van der Waals surface area contributed by atoms with Gasteiger partial charge in [-0.15, -0.1) is 0 Å². The molecule has 1 saturated heterocycles. The molecule has 0 bridgehead atoms. The van der Waals surface area contributed by atoms with E-state index in [9.17, 15) is 19.2 Å². The molecule has 0 radical (unpaired) electrons. The summed E-state index contributed by atoms with van der Waals surface area (Å²) < 4.78 is 6.16. The van der Waals surface area contributed by atoms with Crippen LogP contribution in [0.15, 0.2) is 33.6 Å². The van der Waals surface area contributed by atoms with Crippen LogP contribution in [0.5, 0.6) is 0 Å². The van der Waals surface area contributed by atoms with Gasteiger partial charge in [0.05, 0.1) is 6.42 Å². The summed E-state index contributed by atoms with van der Waals surface area (Å²) in [4.78, 5) is 51.5. The van der Waals surface area contributed by atoms with E-state index < -0.39 is 11.7 Å². The number of aryl methyl sites for hydroxylation is 1. The van der Waals surface area contributed by atoms with Crippen LogP contribution in [0, 0.1) is 0 Å². The van der Waals surface area contributed by atoms with E-state index in [4.69, 9.17) is 16.7 Å². The molecule has 0 aliphatic carbocycles. The topological polar surface area (TPSA) is 132 Å². The van der Waals surface area contributed by atoms with Crippen LogP contribution in [-0.2, 0) is 28.0 Å². The van der Waals surface area contributed by atoms with Crippen LogP contribution in [0.4, 0.5) is 11.4 Å². The number of nitrogens with one attached hydrogen (secondary N) is 3. The van der Waals surface area contributed by atoms with Crippen molar-refractivity contribution in [2.45, 2.75) is 32.9 Å². The number of likely N-dealkylation sites (N-methyl/N-ethyl adjacent to an activating group) is 1. The fourth-order valence-electron chi connectivity index (χ4n) is 3.28. The van der Waals surface area contributed by atoms with Gasteiger partial charge in [-0.3, -0.25) is 23.8 Å². The third-order valence-electron chi connectivity index (χ3n) is 4.82. The second kappa shape index (κ2) is 9.08. The highest BCUT2D eigenvalue weighted by molar-refractivity contribution is 7.80. The number of hydrogen-bond acceptors (Lipinski definition) is 6. The molecular formula is C19H23N6O5S+. The van der Waals surface area contributed by atoms with Crippen molar-refractivity contribution in [2.75, 3.05) is 17.2 Å². The maximum atomic E-state index is 12.9. The Balaban J connectivity index is 1.74. The Labute approximate surface area is 182 Å². The predicted octanol–water partition coefficient (Wildman–Crippen LogP) is 0.0972. The number of aromatic amines is 1. The first-order chi connectivity index (χ1) is 14.7. The van der Waals surface area contributed by atoms with Gasteiger partial charge in [0.25, 0.3) is 5.91 Å². The molecule has 3 N–H and O–H groups in total. The molecule has 1 fully saturated rings. The summed E-state index contributed by atoms with van der Waals surface area (Å²) in [6.45, 7) is 3.56. The third kappa shape index (κ3) is 4.79. The Morgan fingerprint density at radius 3 is 2.32 bits per heavy atom. The Morgan fingerprint density at radius 2 is 1.81 bits per heavy atom. The number of amides is 3. The molecule has 31 heavy (non-hydrogen) atoms. The van der Waals surface area contributed by atoms with Crippen molar-refractivity contribution in [3.05, 3.63) is 40.4 Å². The Bertz CT molecular complexity index is 1080. The zero-order valence-electron chi connectivity index (χ0n) is 17.3. The molecule has 2 heterocycles. The Morgan fingerprint density at radius 1 is 1.19 bits per heavy atom. The fourth-order valence-corrected chi connectivity index (χ4v) is 3.69. The molecule has 0 spiro atoms. The number of anilines is 2. The number of rotatable bonds is 7. The molecule has 164 valence electrons. The van der Waals surface area contributed by atoms with Crippen molar-refractivity contribution in [2.24, 2.45) is 7.05 Å². The van der Waals surface area contributed by atoms with E-state index in [0.717, 1.165) is 0 Å². The molecule has 11 nitrogen and oxygen atoms in total. The average molecular weight is 447 g/mol. The molecule has 1 unspecified atom stereocenters. The van der Waals surface area contributed by atoms with E-state index in [2.05, 4.69) is 15.9 Å². The van der Waals surface area contributed by atoms with Crippen LogP contribution in [0.25, 0.3) is 0 Å². The highest BCUT2D eigenvalue weighted by atomic mass is 32.1. The van der Waals surface area contributed by atoms with Gasteiger partial charge in [-0.05, 0) is 48.7 Å². The van der Waals surface area contributed by atoms with Crippen molar-refractivity contribution < 1.29 is 23.6 Å². The van der Waals surface area contributed by atoms with E-state index in [1.165, 1.54) is 16.5 Å². The number of carbonyl (C=O) groups excluding carboxylic acids is 3. The van der Waals surface area contributed by atoms with Crippen LogP contribution >= 0.6 is 12.2 Å². The van der Waals surface area contributed by atoms with Crippen LogP contribution in [0.2, 0.25) is 0 Å². The molecule has 1 aromatic carbocycles. The summed E-state index contributed by atoms with van der Waals surface area (Å²) in [5.74, 6) is -0.883. The molecule has 1 aliphatic rings. The molecule has 3 rings (SSSR count). The van der Waals surface area contributed by atoms with E-state index in [1.54, 1.807) is 43.1 Å². The normalized spacial score (nSPS) is 16.0.